The largest absolute Gasteiger partial charge is 0.474 e. The lowest BCUT2D eigenvalue weighted by molar-refractivity contribution is -0.703. The molecule has 2 aliphatic rings. The highest BCUT2D eigenvalue weighted by Gasteiger charge is 2.58. The molecule has 0 aliphatic heterocycles. The van der Waals surface area contributed by atoms with Crippen molar-refractivity contribution in [2.45, 2.75) is 90.3 Å². The van der Waals surface area contributed by atoms with Gasteiger partial charge in [-0.05, 0) is 71.6 Å². The number of allylic oxidation sites excluding steroid dienone is 2. The second-order valence-electron chi connectivity index (χ2n) is 9.59. The average Bonchev–Trinajstić information content (AvgIpc) is 2.53. The van der Waals surface area contributed by atoms with E-state index in [0.717, 1.165) is 12.8 Å². The van der Waals surface area contributed by atoms with Gasteiger partial charge in [0.1, 0.15) is 5.60 Å². The molecule has 0 aromatic heterocycles. The topological polar surface area (TPSA) is 53.5 Å². The van der Waals surface area contributed by atoms with Gasteiger partial charge in [-0.15, -0.1) is 0 Å². The molecule has 0 aromatic carbocycles. The van der Waals surface area contributed by atoms with Crippen LogP contribution >= 0.6 is 0 Å². The van der Waals surface area contributed by atoms with Gasteiger partial charge in [-0.2, -0.15) is 14.1 Å². The van der Waals surface area contributed by atoms with Crippen molar-refractivity contribution in [2.24, 2.45) is 23.7 Å². The molecule has 2 saturated carbocycles. The van der Waals surface area contributed by atoms with E-state index in [4.69, 9.17) is 0 Å². The Kier molecular flexibility index (Phi) is 6.78. The van der Waals surface area contributed by atoms with Gasteiger partial charge in [-0.1, -0.05) is 18.6 Å². The Bertz CT molecular complexity index is 469. The third-order valence-corrected chi connectivity index (χ3v) is 7.54. The van der Waals surface area contributed by atoms with E-state index in [2.05, 4.69) is 58.5 Å². The Morgan fingerprint density at radius 3 is 2.48 bits per heavy atom. The maximum Gasteiger partial charge on any atom is 0.111 e. The Hall–Kier alpha value is -0.380. The molecule has 3 heteroatoms. The number of quaternary nitrogens is 2. The molecule has 7 atom stereocenters. The fraction of sp³-hybridized carbons (Fsp3) is 0.818. The summed E-state index contributed by atoms with van der Waals surface area (Å²) < 4.78 is 0. The molecule has 25 heavy (non-hydrogen) atoms. The molecule has 2 rings (SSSR count). The van der Waals surface area contributed by atoms with Crippen LogP contribution < -0.4 is 10.6 Å². The molecule has 2 aliphatic carbocycles. The average molecular weight is 351 g/mol. The molecule has 0 heterocycles. The van der Waals surface area contributed by atoms with Crippen molar-refractivity contribution in [1.29, 1.82) is 0 Å². The van der Waals surface area contributed by atoms with E-state index in [1.54, 1.807) is 0 Å². The van der Waals surface area contributed by atoms with Crippen molar-refractivity contribution in [2.75, 3.05) is 0 Å². The SMILES string of the molecule is [CH2-][NH2+][C@@H]1[C@@H]2[C@@H](C(C)CCC=C(C)C)CC[C@](C)([NH2+][CH2-])[C@H]2CC[C@@]1(C)O. The van der Waals surface area contributed by atoms with Crippen LogP contribution in [0, 0.1) is 37.8 Å². The summed E-state index contributed by atoms with van der Waals surface area (Å²) in [4.78, 5) is 0. The summed E-state index contributed by atoms with van der Waals surface area (Å²) in [6, 6.07) is 0.196. The zero-order chi connectivity index (χ0) is 18.8. The quantitative estimate of drug-likeness (QED) is 0.500. The molecule has 1 unspecified atom stereocenters. The second kappa shape index (κ2) is 8.10. The third kappa shape index (κ3) is 4.31. The van der Waals surface area contributed by atoms with Crippen LogP contribution in [0.25, 0.3) is 0 Å². The van der Waals surface area contributed by atoms with Crippen LogP contribution in [0.15, 0.2) is 11.6 Å². The molecule has 146 valence electrons. The number of hydrogen-bond acceptors (Lipinski definition) is 1. The summed E-state index contributed by atoms with van der Waals surface area (Å²) in [7, 11) is 8.31. The van der Waals surface area contributed by atoms with E-state index in [0.29, 0.717) is 23.7 Å². The molecular weight excluding hydrogens is 308 g/mol. The summed E-state index contributed by atoms with van der Waals surface area (Å²) in [5, 5.41) is 15.3. The van der Waals surface area contributed by atoms with E-state index in [1.165, 1.54) is 31.3 Å². The molecule has 5 N–H and O–H groups in total. The van der Waals surface area contributed by atoms with E-state index in [9.17, 15) is 5.11 Å². The summed E-state index contributed by atoms with van der Waals surface area (Å²) >= 11 is 0. The van der Waals surface area contributed by atoms with E-state index in [-0.39, 0.29) is 11.6 Å². The summed E-state index contributed by atoms with van der Waals surface area (Å²) in [5.41, 5.74) is 1.01. The highest BCUT2D eigenvalue weighted by molar-refractivity contribution is 5.06. The lowest BCUT2D eigenvalue weighted by atomic mass is 9.52. The van der Waals surface area contributed by atoms with Crippen LogP contribution in [0.1, 0.15) is 73.1 Å². The van der Waals surface area contributed by atoms with Gasteiger partial charge in [0.15, 0.2) is 0 Å². The Labute approximate surface area is 156 Å². The second-order valence-corrected chi connectivity index (χ2v) is 9.59. The molecule has 2 fully saturated rings. The minimum atomic E-state index is -0.611. The van der Waals surface area contributed by atoms with Crippen LogP contribution in [0.2, 0.25) is 0 Å². The van der Waals surface area contributed by atoms with E-state index >= 15 is 0 Å². The first-order valence-corrected chi connectivity index (χ1v) is 10.3. The van der Waals surface area contributed by atoms with Crippen molar-refractivity contribution in [3.63, 3.8) is 0 Å². The maximum atomic E-state index is 11.1. The van der Waals surface area contributed by atoms with Crippen molar-refractivity contribution in [3.8, 4) is 0 Å². The van der Waals surface area contributed by atoms with Gasteiger partial charge in [0, 0.05) is 18.3 Å². The normalized spacial score (nSPS) is 42.6. The number of hydrogen-bond donors (Lipinski definition) is 3. The zero-order valence-corrected chi connectivity index (χ0v) is 17.2. The van der Waals surface area contributed by atoms with Crippen LogP contribution in [0.3, 0.4) is 0 Å². The lowest BCUT2D eigenvalue weighted by Gasteiger charge is -2.57. The van der Waals surface area contributed by atoms with Crippen LogP contribution in [0.4, 0.5) is 0 Å². The third-order valence-electron chi connectivity index (χ3n) is 7.54. The molecule has 0 amide bonds. The van der Waals surface area contributed by atoms with E-state index < -0.39 is 5.60 Å². The number of nitrogens with two attached hydrogens (primary N) is 2. The smallest absolute Gasteiger partial charge is 0.111 e. The van der Waals surface area contributed by atoms with Gasteiger partial charge < -0.3 is 15.7 Å². The van der Waals surface area contributed by atoms with E-state index in [1.807, 2.05) is 6.92 Å². The number of aliphatic hydroxyl groups is 1. The fourth-order valence-electron chi connectivity index (χ4n) is 5.84. The summed E-state index contributed by atoms with van der Waals surface area (Å²) in [6.07, 6.45) is 9.27. The van der Waals surface area contributed by atoms with Gasteiger partial charge >= 0.3 is 0 Å². The summed E-state index contributed by atoms with van der Waals surface area (Å²) in [6.45, 7) is 11.2. The first-order valence-electron chi connectivity index (χ1n) is 10.3. The fourth-order valence-corrected chi connectivity index (χ4v) is 5.84. The van der Waals surface area contributed by atoms with Crippen LogP contribution in [-0.4, -0.2) is 22.3 Å². The predicted molar refractivity (Wildman–Crippen MR) is 104 cm³/mol. The minimum absolute atomic E-state index is 0.196. The Balaban J connectivity index is 2.26. The van der Waals surface area contributed by atoms with Crippen molar-refractivity contribution in [3.05, 3.63) is 25.7 Å². The van der Waals surface area contributed by atoms with Crippen molar-refractivity contribution in [1.82, 2.24) is 0 Å². The molecule has 0 saturated heterocycles. The first-order chi connectivity index (χ1) is 11.7. The number of rotatable bonds is 6. The highest BCUT2D eigenvalue weighted by Crippen LogP contribution is 2.51. The van der Waals surface area contributed by atoms with Gasteiger partial charge in [0.25, 0.3) is 0 Å². The van der Waals surface area contributed by atoms with Crippen LogP contribution in [0.5, 0.6) is 0 Å². The lowest BCUT2D eigenvalue weighted by Crippen LogP contribution is -2.98. The number of fused-ring (bicyclic) bond motifs is 1. The Morgan fingerprint density at radius 1 is 1.24 bits per heavy atom. The zero-order valence-electron chi connectivity index (χ0n) is 17.2. The molecule has 0 aromatic rings. The van der Waals surface area contributed by atoms with Gasteiger partial charge in [0.05, 0.1) is 11.6 Å². The Morgan fingerprint density at radius 2 is 1.92 bits per heavy atom. The van der Waals surface area contributed by atoms with Crippen molar-refractivity contribution < 1.29 is 15.7 Å². The highest BCUT2D eigenvalue weighted by atomic mass is 16.3. The van der Waals surface area contributed by atoms with Crippen molar-refractivity contribution >= 4 is 0 Å². The summed E-state index contributed by atoms with van der Waals surface area (Å²) in [5.74, 6) is 2.52. The van der Waals surface area contributed by atoms with Crippen LogP contribution in [-0.2, 0) is 0 Å². The molecule has 0 spiro atoms. The maximum absolute atomic E-state index is 11.1. The standard InChI is InChI=1S/C22H42N2O/c1-15(2)9-8-10-16(3)17-11-13-21(4,24-7)18-12-14-22(5,25)20(23-6)19(17)18/h9,16-20,25H,6-8,10-14,23-24H2,1-5H3/t16?,17-,18+,19-,20-,21+,22-/m1/s1. The first kappa shape index (κ1) is 20.9. The molecule has 3 nitrogen and oxygen atoms in total. The monoisotopic (exact) mass is 350 g/mol. The van der Waals surface area contributed by atoms with Gasteiger partial charge in [0.2, 0.25) is 0 Å². The predicted octanol–water partition coefficient (Wildman–Crippen LogP) is 2.39. The molecule has 0 bridgehead atoms. The van der Waals surface area contributed by atoms with Gasteiger partial charge in [-0.3, -0.25) is 0 Å². The minimum Gasteiger partial charge on any atom is -0.474 e. The molecule has 0 radical (unpaired) electrons. The molecular formula is C22H42N2O. The van der Waals surface area contributed by atoms with Gasteiger partial charge in [-0.25, -0.2) is 0 Å².